The molecule has 2 aromatic carbocycles. The first-order valence-corrected chi connectivity index (χ1v) is 10.4. The van der Waals surface area contributed by atoms with Crippen molar-refractivity contribution < 1.29 is 14.1 Å². The number of anilines is 1. The second kappa shape index (κ2) is 8.62. The molecule has 0 unspecified atom stereocenters. The number of aromatic nitrogens is 4. The third kappa shape index (κ3) is 4.59. The van der Waals surface area contributed by atoms with Crippen molar-refractivity contribution in [2.24, 2.45) is 7.05 Å². The minimum absolute atomic E-state index is 0.118. The van der Waals surface area contributed by atoms with Crippen molar-refractivity contribution in [2.75, 3.05) is 5.32 Å². The van der Waals surface area contributed by atoms with Crippen LogP contribution in [0, 0.1) is 15.9 Å². The number of thiazole rings is 1. The Morgan fingerprint density at radius 3 is 2.71 bits per heavy atom. The lowest BCUT2D eigenvalue weighted by Crippen LogP contribution is -2.12. The van der Waals surface area contributed by atoms with Crippen LogP contribution in [0.3, 0.4) is 0 Å². The van der Waals surface area contributed by atoms with Crippen LogP contribution >= 0.6 is 23.1 Å². The van der Waals surface area contributed by atoms with Crippen LogP contribution in [-0.2, 0) is 7.05 Å². The highest BCUT2D eigenvalue weighted by molar-refractivity contribution is 7.99. The summed E-state index contributed by atoms with van der Waals surface area (Å²) in [5.41, 5.74) is 1.19. The third-order valence-electron chi connectivity index (χ3n) is 4.15. The highest BCUT2D eigenvalue weighted by atomic mass is 32.2. The minimum Gasteiger partial charge on any atom is -0.311 e. The van der Waals surface area contributed by atoms with Crippen LogP contribution in [0.1, 0.15) is 10.4 Å². The number of halogens is 1. The summed E-state index contributed by atoms with van der Waals surface area (Å²) in [6.07, 6.45) is 1.49. The van der Waals surface area contributed by atoms with Gasteiger partial charge in [-0.05, 0) is 48.2 Å². The Kier molecular flexibility index (Phi) is 5.73. The Bertz CT molecular complexity index is 1270. The average molecular weight is 456 g/mol. The molecular weight excluding hydrogens is 443 g/mol. The Morgan fingerprint density at radius 1 is 1.26 bits per heavy atom. The second-order valence-electron chi connectivity index (χ2n) is 6.27. The number of carbonyl (C=O) groups is 1. The highest BCUT2D eigenvalue weighted by Crippen LogP contribution is 2.34. The van der Waals surface area contributed by atoms with Gasteiger partial charge in [0.25, 0.3) is 11.6 Å². The monoisotopic (exact) mass is 456 g/mol. The smallest absolute Gasteiger partial charge is 0.284 e. The van der Waals surface area contributed by atoms with Crippen LogP contribution in [0.15, 0.2) is 64.2 Å². The highest BCUT2D eigenvalue weighted by Gasteiger charge is 2.20. The van der Waals surface area contributed by atoms with E-state index in [0.29, 0.717) is 26.4 Å². The Labute approximate surface area is 183 Å². The van der Waals surface area contributed by atoms with Gasteiger partial charge in [0, 0.05) is 29.6 Å². The SMILES string of the molecule is Cn1cnnc1Sc1ccc(C(=O)Nc2nc(-c3ccc(F)cc3)cs2)cc1[N+](=O)[O-]. The first-order chi connectivity index (χ1) is 14.9. The third-order valence-corrected chi connectivity index (χ3v) is 6.03. The molecule has 1 amide bonds. The fraction of sp³-hybridized carbons (Fsp3) is 0.0526. The normalized spacial score (nSPS) is 10.8. The summed E-state index contributed by atoms with van der Waals surface area (Å²) in [4.78, 5) is 28.3. The molecule has 9 nitrogen and oxygen atoms in total. The van der Waals surface area contributed by atoms with Crippen LogP contribution in [0.4, 0.5) is 15.2 Å². The quantitative estimate of drug-likeness (QED) is 0.338. The number of benzene rings is 2. The number of hydrogen-bond acceptors (Lipinski definition) is 8. The molecule has 0 fully saturated rings. The molecule has 0 aliphatic heterocycles. The maximum atomic E-state index is 13.1. The van der Waals surface area contributed by atoms with Crippen LogP contribution in [0.25, 0.3) is 11.3 Å². The van der Waals surface area contributed by atoms with Crippen LogP contribution in [0.5, 0.6) is 0 Å². The molecule has 12 heteroatoms. The molecule has 4 aromatic rings. The number of nitrogens with one attached hydrogen (secondary N) is 1. The summed E-state index contributed by atoms with van der Waals surface area (Å²) in [6, 6.07) is 10.0. The number of rotatable bonds is 6. The standard InChI is InChI=1S/C19H13FN6O3S2/c1-25-10-21-24-19(25)31-16-7-4-12(8-15(16)26(28)29)17(27)23-18-22-14(9-30-18)11-2-5-13(20)6-3-11/h2-10H,1H3,(H,22,23,27). The summed E-state index contributed by atoms with van der Waals surface area (Å²) >= 11 is 2.28. The van der Waals surface area contributed by atoms with Gasteiger partial charge in [0.1, 0.15) is 12.1 Å². The predicted octanol–water partition coefficient (Wildman–Crippen LogP) is 4.39. The van der Waals surface area contributed by atoms with Gasteiger partial charge in [-0.2, -0.15) is 0 Å². The zero-order chi connectivity index (χ0) is 22.0. The minimum atomic E-state index is -0.550. The lowest BCUT2D eigenvalue weighted by molar-refractivity contribution is -0.387. The fourth-order valence-electron chi connectivity index (χ4n) is 2.60. The summed E-state index contributed by atoms with van der Waals surface area (Å²) in [7, 11) is 1.73. The molecule has 0 saturated carbocycles. The van der Waals surface area contributed by atoms with Crippen molar-refractivity contribution in [3.8, 4) is 11.3 Å². The molecule has 0 atom stereocenters. The molecule has 4 rings (SSSR count). The molecule has 2 heterocycles. The number of nitro benzene ring substituents is 1. The van der Waals surface area contributed by atoms with Gasteiger partial charge in [-0.3, -0.25) is 20.2 Å². The van der Waals surface area contributed by atoms with Gasteiger partial charge in [-0.1, -0.05) is 0 Å². The van der Waals surface area contributed by atoms with Crippen LogP contribution < -0.4 is 5.32 Å². The topological polar surface area (TPSA) is 116 Å². The van der Waals surface area contributed by atoms with Gasteiger partial charge in [-0.15, -0.1) is 21.5 Å². The molecule has 0 bridgehead atoms. The van der Waals surface area contributed by atoms with E-state index in [4.69, 9.17) is 0 Å². The van der Waals surface area contributed by atoms with E-state index >= 15 is 0 Å². The Balaban J connectivity index is 1.53. The summed E-state index contributed by atoms with van der Waals surface area (Å²) in [6.45, 7) is 0. The van der Waals surface area contributed by atoms with Gasteiger partial charge < -0.3 is 4.57 Å². The van der Waals surface area contributed by atoms with Crippen molar-refractivity contribution in [3.05, 3.63) is 75.7 Å². The molecule has 31 heavy (non-hydrogen) atoms. The first kappa shape index (κ1) is 20.6. The first-order valence-electron chi connectivity index (χ1n) is 8.74. The van der Waals surface area contributed by atoms with Crippen molar-refractivity contribution in [3.63, 3.8) is 0 Å². The van der Waals surface area contributed by atoms with Gasteiger partial charge in [0.2, 0.25) is 0 Å². The summed E-state index contributed by atoms with van der Waals surface area (Å²) < 4.78 is 14.7. The van der Waals surface area contributed by atoms with Crippen LogP contribution in [0.2, 0.25) is 0 Å². The molecule has 0 spiro atoms. The van der Waals surface area contributed by atoms with E-state index in [1.165, 1.54) is 48.0 Å². The fourth-order valence-corrected chi connectivity index (χ4v) is 4.17. The lowest BCUT2D eigenvalue weighted by atomic mass is 10.2. The van der Waals surface area contributed by atoms with Crippen molar-refractivity contribution in [1.29, 1.82) is 0 Å². The van der Waals surface area contributed by atoms with Crippen molar-refractivity contribution in [1.82, 2.24) is 19.7 Å². The predicted molar refractivity (Wildman–Crippen MR) is 114 cm³/mol. The maximum Gasteiger partial charge on any atom is 0.284 e. The summed E-state index contributed by atoms with van der Waals surface area (Å²) in [5, 5.41) is 24.4. The number of amides is 1. The molecule has 0 radical (unpaired) electrons. The zero-order valence-corrected chi connectivity index (χ0v) is 17.5. The number of nitro groups is 1. The van der Waals surface area contributed by atoms with Gasteiger partial charge in [0.15, 0.2) is 10.3 Å². The van der Waals surface area contributed by atoms with Crippen molar-refractivity contribution >= 4 is 39.8 Å². The Morgan fingerprint density at radius 2 is 2.03 bits per heavy atom. The largest absolute Gasteiger partial charge is 0.311 e. The number of hydrogen-bond donors (Lipinski definition) is 1. The molecule has 1 N–H and O–H groups in total. The van der Waals surface area contributed by atoms with E-state index in [-0.39, 0.29) is 17.1 Å². The van der Waals surface area contributed by atoms with Crippen molar-refractivity contribution in [2.45, 2.75) is 10.1 Å². The van der Waals surface area contributed by atoms with Gasteiger partial charge in [0.05, 0.1) is 15.5 Å². The van der Waals surface area contributed by atoms with E-state index in [1.54, 1.807) is 29.1 Å². The molecule has 156 valence electrons. The van der Waals surface area contributed by atoms with Crippen LogP contribution in [-0.4, -0.2) is 30.6 Å². The molecule has 0 aliphatic rings. The molecule has 0 saturated heterocycles. The number of nitrogens with zero attached hydrogens (tertiary/aromatic N) is 5. The van der Waals surface area contributed by atoms with Gasteiger partial charge >= 0.3 is 0 Å². The van der Waals surface area contributed by atoms with E-state index in [9.17, 15) is 19.3 Å². The van der Waals surface area contributed by atoms with E-state index in [0.717, 1.165) is 11.8 Å². The van der Waals surface area contributed by atoms with E-state index in [1.807, 2.05) is 0 Å². The number of aryl methyl sites for hydroxylation is 1. The number of carbonyl (C=O) groups excluding carboxylic acids is 1. The maximum absolute atomic E-state index is 13.1. The Hall–Kier alpha value is -3.64. The summed E-state index contributed by atoms with van der Waals surface area (Å²) in [5.74, 6) is -0.881. The van der Waals surface area contributed by atoms with Gasteiger partial charge in [-0.25, -0.2) is 9.37 Å². The molecule has 2 aromatic heterocycles. The lowest BCUT2D eigenvalue weighted by Gasteiger charge is -2.05. The molecular formula is C19H13FN6O3S2. The van der Waals surface area contributed by atoms with E-state index in [2.05, 4.69) is 20.5 Å². The second-order valence-corrected chi connectivity index (χ2v) is 8.13. The molecule has 0 aliphatic carbocycles. The van der Waals surface area contributed by atoms with E-state index < -0.39 is 10.8 Å². The zero-order valence-electron chi connectivity index (χ0n) is 15.9. The average Bonchev–Trinajstić information content (AvgIpc) is 3.38.